The van der Waals surface area contributed by atoms with Crippen molar-refractivity contribution in [1.82, 2.24) is 23.4 Å². The van der Waals surface area contributed by atoms with Crippen molar-refractivity contribution in [2.24, 2.45) is 0 Å². The van der Waals surface area contributed by atoms with Crippen molar-refractivity contribution in [1.29, 1.82) is 0 Å². The molecule has 11 heteroatoms. The lowest BCUT2D eigenvalue weighted by Gasteiger charge is -2.41. The molecule has 3 aromatic rings. The molecule has 2 saturated carbocycles. The van der Waals surface area contributed by atoms with Crippen LogP contribution in [0.25, 0.3) is 28.2 Å². The minimum absolute atomic E-state index is 0.0895. The van der Waals surface area contributed by atoms with Crippen molar-refractivity contribution in [3.63, 3.8) is 0 Å². The molecule has 2 aliphatic carbocycles. The second-order valence-electron chi connectivity index (χ2n) is 14.5. The lowest BCUT2D eigenvalue weighted by Crippen LogP contribution is -2.56. The molecule has 1 N–H and O–H groups in total. The molecule has 0 unspecified atom stereocenters. The van der Waals surface area contributed by atoms with E-state index < -0.39 is 16.1 Å². The van der Waals surface area contributed by atoms with Crippen LogP contribution in [0.1, 0.15) is 85.2 Å². The van der Waals surface area contributed by atoms with Gasteiger partial charge in [-0.3, -0.25) is 14.5 Å². The van der Waals surface area contributed by atoms with Gasteiger partial charge in [-0.15, -0.1) is 0 Å². The lowest BCUT2D eigenvalue weighted by atomic mass is 9.81. The molecule has 3 aliphatic heterocycles. The first-order valence-corrected chi connectivity index (χ1v) is 18.9. The molecule has 4 fully saturated rings. The molecular weight excluding hydrogens is 627 g/mol. The van der Waals surface area contributed by atoms with E-state index in [1.807, 2.05) is 18.2 Å². The van der Waals surface area contributed by atoms with Crippen LogP contribution in [-0.4, -0.2) is 91.3 Å². The zero-order chi connectivity index (χ0) is 33.3. The van der Waals surface area contributed by atoms with Crippen LogP contribution in [0.3, 0.4) is 0 Å². The van der Waals surface area contributed by atoms with Crippen molar-refractivity contribution in [3.8, 4) is 17.0 Å². The highest BCUT2D eigenvalue weighted by atomic mass is 32.2. The van der Waals surface area contributed by atoms with Gasteiger partial charge >= 0.3 is 10.2 Å². The number of carbonyl (C=O) groups is 2. The number of amides is 2. The Hall–Kier alpha value is -3.67. The molecular formula is C37H45N5O5S. The Morgan fingerprint density at radius 2 is 1.60 bits per heavy atom. The number of aromatic nitrogens is 1. The Balaban J connectivity index is 1.27. The maximum atomic E-state index is 14.7. The summed E-state index contributed by atoms with van der Waals surface area (Å²) in [6, 6.07) is 12.8. The number of piperazine rings is 1. The van der Waals surface area contributed by atoms with Crippen LogP contribution in [0, 0.1) is 0 Å². The predicted octanol–water partition coefficient (Wildman–Crippen LogP) is 5.14. The number of nitrogens with one attached hydrogen (secondary N) is 1. The molecule has 0 radical (unpaired) electrons. The summed E-state index contributed by atoms with van der Waals surface area (Å²) in [5, 5.41) is 1.05. The van der Waals surface area contributed by atoms with Crippen molar-refractivity contribution in [2.45, 2.75) is 88.4 Å². The van der Waals surface area contributed by atoms with Crippen molar-refractivity contribution < 1.29 is 22.7 Å². The smallest absolute Gasteiger partial charge is 0.303 e. The van der Waals surface area contributed by atoms with Crippen LogP contribution in [0.5, 0.6) is 5.75 Å². The number of rotatable bonds is 7. The van der Waals surface area contributed by atoms with Crippen molar-refractivity contribution in [3.05, 3.63) is 58.7 Å². The standard InChI is InChI=1S/C37H45N5O5S/c1-39(2)48(45,46)38-36(43)24-9-15-32-33(19-24)41-20-26(37(44)42-28-12-13-29(42)22-40(21-28)27-10-11-27)17-25-18-30(47-3)14-16-31(25)35(41)34(32)23-7-5-4-6-8-23/h9,14-19,23,27-29H,4-8,10-13,20-22H2,1-3H3,(H,38,43)/t28-,29+. The monoisotopic (exact) mass is 671 g/mol. The Kier molecular flexibility index (Phi) is 7.92. The van der Waals surface area contributed by atoms with Crippen molar-refractivity contribution >= 4 is 39.0 Å². The van der Waals surface area contributed by atoms with E-state index in [0.29, 0.717) is 18.5 Å². The highest BCUT2D eigenvalue weighted by Crippen LogP contribution is 2.47. The minimum atomic E-state index is -3.97. The number of hydrogen-bond acceptors (Lipinski definition) is 6. The first-order chi connectivity index (χ1) is 23.1. The average Bonchev–Trinajstić information content (AvgIpc) is 3.86. The first-order valence-electron chi connectivity index (χ1n) is 17.5. The van der Waals surface area contributed by atoms with Gasteiger partial charge in [-0.05, 0) is 92.0 Å². The van der Waals surface area contributed by atoms with Gasteiger partial charge in [0.15, 0.2) is 0 Å². The fourth-order valence-corrected chi connectivity index (χ4v) is 9.29. The number of fused-ring (bicyclic) bond motifs is 7. The fourth-order valence-electron chi connectivity index (χ4n) is 8.75. The summed E-state index contributed by atoms with van der Waals surface area (Å²) >= 11 is 0. The van der Waals surface area contributed by atoms with Gasteiger partial charge in [0.1, 0.15) is 5.75 Å². The van der Waals surface area contributed by atoms with Gasteiger partial charge in [0.25, 0.3) is 11.8 Å². The molecule has 10 nitrogen and oxygen atoms in total. The second-order valence-corrected chi connectivity index (χ2v) is 16.4. The van der Waals surface area contributed by atoms with Gasteiger partial charge < -0.3 is 14.2 Å². The number of likely N-dealkylation sites (tertiary alicyclic amines) is 1. The highest BCUT2D eigenvalue weighted by molar-refractivity contribution is 7.87. The summed E-state index contributed by atoms with van der Waals surface area (Å²) in [7, 11) is 0.468. The van der Waals surface area contributed by atoms with Gasteiger partial charge in [-0.2, -0.15) is 12.7 Å². The van der Waals surface area contributed by atoms with Gasteiger partial charge in [0.05, 0.1) is 19.3 Å². The number of benzene rings is 2. The fraction of sp³-hybridized carbons (Fsp3) is 0.514. The topological polar surface area (TPSA) is 104 Å². The quantitative estimate of drug-likeness (QED) is 0.374. The summed E-state index contributed by atoms with van der Waals surface area (Å²) in [5.74, 6) is 0.479. The van der Waals surface area contributed by atoms with Gasteiger partial charge in [0.2, 0.25) is 0 Å². The predicted molar refractivity (Wildman–Crippen MR) is 186 cm³/mol. The third kappa shape index (κ3) is 5.44. The Morgan fingerprint density at radius 1 is 0.896 bits per heavy atom. The zero-order valence-corrected chi connectivity index (χ0v) is 28.9. The van der Waals surface area contributed by atoms with Gasteiger partial charge in [-0.25, -0.2) is 4.72 Å². The maximum Gasteiger partial charge on any atom is 0.303 e. The van der Waals surface area contributed by atoms with Crippen LogP contribution in [0.4, 0.5) is 0 Å². The molecule has 2 aromatic carbocycles. The van der Waals surface area contributed by atoms with Crippen LogP contribution in [-0.2, 0) is 21.5 Å². The molecule has 2 amide bonds. The number of methoxy groups -OCH3 is 1. The van der Waals surface area contributed by atoms with Crippen LogP contribution in [0.15, 0.2) is 42.0 Å². The molecule has 2 atom stereocenters. The van der Waals surface area contributed by atoms with Gasteiger partial charge in [-0.1, -0.05) is 25.3 Å². The average molecular weight is 672 g/mol. The van der Waals surface area contributed by atoms with E-state index in [1.54, 1.807) is 19.2 Å². The van der Waals surface area contributed by atoms with Crippen LogP contribution < -0.4 is 9.46 Å². The molecule has 0 spiro atoms. The van der Waals surface area contributed by atoms with Crippen LogP contribution in [0.2, 0.25) is 0 Å². The van der Waals surface area contributed by atoms with E-state index in [9.17, 15) is 18.0 Å². The van der Waals surface area contributed by atoms with E-state index in [0.717, 1.165) is 95.0 Å². The van der Waals surface area contributed by atoms with E-state index >= 15 is 0 Å². The third-order valence-corrected chi connectivity index (χ3v) is 12.7. The van der Waals surface area contributed by atoms with Crippen LogP contribution >= 0.6 is 0 Å². The largest absolute Gasteiger partial charge is 0.497 e. The summed E-state index contributed by atoms with van der Waals surface area (Å²) < 4.78 is 36.2. The SMILES string of the molecule is COc1ccc2c(c1)C=C(C(=O)N1[C@@H]3CC[C@H]1CN(C1CC1)C3)Cn1c-2c(C2CCCCC2)c2ccc(C(=O)NS(=O)(=O)N(C)C)cc21. The normalized spacial score (nSPS) is 23.1. The number of carbonyl (C=O) groups excluding carboxylic acids is 2. The van der Waals surface area contributed by atoms with E-state index in [2.05, 4.69) is 31.2 Å². The van der Waals surface area contributed by atoms with Gasteiger partial charge in [0, 0.05) is 72.9 Å². The maximum absolute atomic E-state index is 14.7. The number of ether oxygens (including phenoxy) is 1. The third-order valence-electron chi connectivity index (χ3n) is 11.3. The molecule has 2 saturated heterocycles. The molecule has 254 valence electrons. The first kappa shape index (κ1) is 31.6. The highest BCUT2D eigenvalue weighted by Gasteiger charge is 2.46. The van der Waals surface area contributed by atoms with E-state index in [1.165, 1.54) is 38.9 Å². The molecule has 1 aromatic heterocycles. The Morgan fingerprint density at radius 3 is 2.27 bits per heavy atom. The molecule has 4 heterocycles. The molecule has 5 aliphatic rings. The second kappa shape index (κ2) is 12.0. The molecule has 8 rings (SSSR count). The van der Waals surface area contributed by atoms with E-state index in [-0.39, 0.29) is 23.6 Å². The zero-order valence-electron chi connectivity index (χ0n) is 28.1. The minimum Gasteiger partial charge on any atom is -0.497 e. The Labute approximate surface area is 282 Å². The summed E-state index contributed by atoms with van der Waals surface area (Å²) in [6.45, 7) is 2.25. The summed E-state index contributed by atoms with van der Waals surface area (Å²) in [6.07, 6.45) is 12.4. The Bertz CT molecular complexity index is 1920. The number of nitrogens with zero attached hydrogens (tertiary/aromatic N) is 4. The molecule has 48 heavy (non-hydrogen) atoms. The summed E-state index contributed by atoms with van der Waals surface area (Å²) in [5.41, 5.74) is 6.14. The molecule has 2 bridgehead atoms. The van der Waals surface area contributed by atoms with E-state index in [4.69, 9.17) is 4.74 Å². The van der Waals surface area contributed by atoms with Crippen molar-refractivity contribution in [2.75, 3.05) is 34.3 Å². The lowest BCUT2D eigenvalue weighted by molar-refractivity contribution is -0.133. The number of hydrogen-bond donors (Lipinski definition) is 1. The summed E-state index contributed by atoms with van der Waals surface area (Å²) in [4.78, 5) is 32.9.